The number of thioether (sulfide) groups is 1. The lowest BCUT2D eigenvalue weighted by Crippen LogP contribution is -2.16. The minimum atomic E-state index is -4.55. The van der Waals surface area contributed by atoms with Gasteiger partial charge >= 0.3 is 6.18 Å². The summed E-state index contributed by atoms with van der Waals surface area (Å²) in [6.07, 6.45) is -4.55. The number of rotatable bonds is 6. The standard InChI is InChI=1S/C23H15Cl2F3N4OS/c24-16-9-6-14(7-10-16)21-30-31-22(32(21)17-4-2-1-3-5-17)34-13-20(33)29-19-12-15(23(26,27)28)8-11-18(19)25/h1-12H,13H2,(H,29,33). The zero-order chi connectivity index (χ0) is 24.3. The number of carbonyl (C=O) groups excluding carboxylic acids is 1. The maximum absolute atomic E-state index is 13.0. The fraction of sp³-hybridized carbons (Fsp3) is 0.0870. The second kappa shape index (κ2) is 10.1. The van der Waals surface area contributed by atoms with Gasteiger partial charge in [-0.05, 0) is 54.6 Å². The van der Waals surface area contributed by atoms with Crippen molar-refractivity contribution in [3.05, 3.63) is 88.4 Å². The predicted molar refractivity (Wildman–Crippen MR) is 128 cm³/mol. The van der Waals surface area contributed by atoms with Gasteiger partial charge in [-0.2, -0.15) is 13.2 Å². The lowest BCUT2D eigenvalue weighted by Gasteiger charge is -2.12. The van der Waals surface area contributed by atoms with Crippen LogP contribution in [-0.2, 0) is 11.0 Å². The largest absolute Gasteiger partial charge is 0.416 e. The van der Waals surface area contributed by atoms with Gasteiger partial charge in [0.25, 0.3) is 0 Å². The molecule has 174 valence electrons. The van der Waals surface area contributed by atoms with Gasteiger partial charge < -0.3 is 5.32 Å². The number of alkyl halides is 3. The molecule has 0 aliphatic rings. The Kier molecular flexibility index (Phi) is 7.16. The van der Waals surface area contributed by atoms with Crippen molar-refractivity contribution < 1.29 is 18.0 Å². The molecule has 0 unspecified atom stereocenters. The molecule has 4 rings (SSSR count). The van der Waals surface area contributed by atoms with Crippen LogP contribution in [0.1, 0.15) is 5.56 Å². The minimum absolute atomic E-state index is 0.00354. The van der Waals surface area contributed by atoms with Crippen molar-refractivity contribution in [2.75, 3.05) is 11.1 Å². The van der Waals surface area contributed by atoms with Crippen molar-refractivity contribution in [2.45, 2.75) is 11.3 Å². The highest BCUT2D eigenvalue weighted by atomic mass is 35.5. The summed E-state index contributed by atoms with van der Waals surface area (Å²) in [5.41, 5.74) is 0.527. The summed E-state index contributed by atoms with van der Waals surface area (Å²) >= 11 is 13.1. The van der Waals surface area contributed by atoms with Crippen LogP contribution < -0.4 is 5.32 Å². The van der Waals surface area contributed by atoms with Crippen LogP contribution in [0.4, 0.5) is 18.9 Å². The summed E-state index contributed by atoms with van der Waals surface area (Å²) in [7, 11) is 0. The fourth-order valence-corrected chi connectivity index (χ4v) is 4.12. The Morgan fingerprint density at radius 2 is 1.68 bits per heavy atom. The van der Waals surface area contributed by atoms with E-state index in [-0.39, 0.29) is 16.5 Å². The zero-order valence-electron chi connectivity index (χ0n) is 17.2. The maximum atomic E-state index is 13.0. The molecule has 3 aromatic carbocycles. The highest BCUT2D eigenvalue weighted by Gasteiger charge is 2.31. The van der Waals surface area contributed by atoms with E-state index in [2.05, 4.69) is 15.5 Å². The average molecular weight is 523 g/mol. The molecule has 1 amide bonds. The van der Waals surface area contributed by atoms with Crippen LogP contribution in [0.15, 0.2) is 78.0 Å². The van der Waals surface area contributed by atoms with Crippen LogP contribution in [-0.4, -0.2) is 26.4 Å². The smallest absolute Gasteiger partial charge is 0.324 e. The van der Waals surface area contributed by atoms with Crippen molar-refractivity contribution in [2.24, 2.45) is 0 Å². The molecule has 34 heavy (non-hydrogen) atoms. The highest BCUT2D eigenvalue weighted by molar-refractivity contribution is 7.99. The first kappa shape index (κ1) is 24.1. The summed E-state index contributed by atoms with van der Waals surface area (Å²) in [6, 6.07) is 19.2. The zero-order valence-corrected chi connectivity index (χ0v) is 19.5. The molecule has 1 heterocycles. The minimum Gasteiger partial charge on any atom is -0.324 e. The lowest BCUT2D eigenvalue weighted by molar-refractivity contribution is -0.137. The molecule has 0 fully saturated rings. The van der Waals surface area contributed by atoms with Crippen LogP contribution in [0.5, 0.6) is 0 Å². The van der Waals surface area contributed by atoms with E-state index < -0.39 is 17.6 Å². The number of aromatic nitrogens is 3. The SMILES string of the molecule is O=C(CSc1nnc(-c2ccc(Cl)cc2)n1-c1ccccc1)Nc1cc(C(F)(F)F)ccc1Cl. The summed E-state index contributed by atoms with van der Waals surface area (Å²) in [6.45, 7) is 0. The Morgan fingerprint density at radius 3 is 2.35 bits per heavy atom. The topological polar surface area (TPSA) is 59.8 Å². The van der Waals surface area contributed by atoms with E-state index in [0.29, 0.717) is 16.0 Å². The Balaban J connectivity index is 1.57. The third-order valence-corrected chi connectivity index (χ3v) is 6.16. The monoisotopic (exact) mass is 522 g/mol. The molecule has 5 nitrogen and oxygen atoms in total. The number of hydrogen-bond acceptors (Lipinski definition) is 4. The first-order valence-electron chi connectivity index (χ1n) is 9.78. The number of para-hydroxylation sites is 1. The Bertz CT molecular complexity index is 1310. The average Bonchev–Trinajstić information content (AvgIpc) is 3.23. The van der Waals surface area contributed by atoms with Gasteiger partial charge in [0.15, 0.2) is 11.0 Å². The molecule has 0 aliphatic carbocycles. The third kappa shape index (κ3) is 5.55. The molecule has 0 saturated carbocycles. The van der Waals surface area contributed by atoms with Gasteiger partial charge in [-0.15, -0.1) is 10.2 Å². The molecule has 0 atom stereocenters. The first-order valence-corrected chi connectivity index (χ1v) is 11.5. The molecule has 0 bridgehead atoms. The molecular formula is C23H15Cl2F3N4OS. The summed E-state index contributed by atoms with van der Waals surface area (Å²) in [5, 5.41) is 11.9. The van der Waals surface area contributed by atoms with Crippen molar-refractivity contribution in [3.63, 3.8) is 0 Å². The molecule has 1 aromatic heterocycles. The number of halogens is 5. The quantitative estimate of drug-likeness (QED) is 0.277. The van der Waals surface area contributed by atoms with E-state index in [1.807, 2.05) is 42.5 Å². The number of nitrogens with zero attached hydrogens (tertiary/aromatic N) is 3. The molecule has 11 heteroatoms. The van der Waals surface area contributed by atoms with Crippen molar-refractivity contribution in [1.82, 2.24) is 14.8 Å². The number of carbonyl (C=O) groups is 1. The number of nitrogens with one attached hydrogen (secondary N) is 1. The van der Waals surface area contributed by atoms with Crippen LogP contribution in [0.2, 0.25) is 10.0 Å². The number of anilines is 1. The first-order chi connectivity index (χ1) is 16.2. The Hall–Kier alpha value is -3.01. The van der Waals surface area contributed by atoms with Gasteiger partial charge in [-0.3, -0.25) is 9.36 Å². The summed E-state index contributed by atoms with van der Waals surface area (Å²) in [4.78, 5) is 12.5. The van der Waals surface area contributed by atoms with Crippen LogP contribution in [0.25, 0.3) is 17.1 Å². The Morgan fingerprint density at radius 1 is 0.971 bits per heavy atom. The third-order valence-electron chi connectivity index (χ3n) is 4.65. The van der Waals surface area contributed by atoms with E-state index in [0.717, 1.165) is 41.2 Å². The van der Waals surface area contributed by atoms with Gasteiger partial charge in [-0.1, -0.05) is 53.2 Å². The number of benzene rings is 3. The molecule has 0 saturated heterocycles. The molecule has 0 radical (unpaired) electrons. The van der Waals surface area contributed by atoms with E-state index in [9.17, 15) is 18.0 Å². The molecule has 4 aromatic rings. The van der Waals surface area contributed by atoms with Gasteiger partial charge in [0.05, 0.1) is 22.0 Å². The number of hydrogen-bond donors (Lipinski definition) is 1. The normalized spacial score (nSPS) is 11.4. The van der Waals surface area contributed by atoms with Gasteiger partial charge in [0, 0.05) is 16.3 Å². The van der Waals surface area contributed by atoms with Crippen LogP contribution in [0, 0.1) is 0 Å². The van der Waals surface area contributed by atoms with E-state index in [1.165, 1.54) is 0 Å². The van der Waals surface area contributed by atoms with E-state index in [4.69, 9.17) is 23.2 Å². The number of amides is 1. The Labute approximate surface area is 206 Å². The van der Waals surface area contributed by atoms with Gasteiger partial charge in [-0.25, -0.2) is 0 Å². The van der Waals surface area contributed by atoms with Crippen molar-refractivity contribution in [1.29, 1.82) is 0 Å². The second-order valence-electron chi connectivity index (χ2n) is 7.01. The lowest BCUT2D eigenvalue weighted by atomic mass is 10.2. The van der Waals surface area contributed by atoms with Gasteiger partial charge in [0.2, 0.25) is 5.91 Å². The van der Waals surface area contributed by atoms with Crippen LogP contribution >= 0.6 is 35.0 Å². The van der Waals surface area contributed by atoms with Crippen molar-refractivity contribution >= 4 is 46.6 Å². The molecule has 0 spiro atoms. The second-order valence-corrected chi connectivity index (χ2v) is 8.80. The fourth-order valence-electron chi connectivity index (χ4n) is 3.07. The molecule has 1 N–H and O–H groups in total. The maximum Gasteiger partial charge on any atom is 0.416 e. The molecule has 0 aliphatic heterocycles. The predicted octanol–water partition coefficient (Wildman–Crippen LogP) is 6.99. The van der Waals surface area contributed by atoms with Gasteiger partial charge in [0.1, 0.15) is 0 Å². The molecular weight excluding hydrogens is 508 g/mol. The van der Waals surface area contributed by atoms with Crippen LogP contribution in [0.3, 0.4) is 0 Å². The summed E-state index contributed by atoms with van der Waals surface area (Å²) < 4.78 is 40.8. The van der Waals surface area contributed by atoms with Crippen molar-refractivity contribution in [3.8, 4) is 17.1 Å². The van der Waals surface area contributed by atoms with E-state index >= 15 is 0 Å². The summed E-state index contributed by atoms with van der Waals surface area (Å²) in [5.74, 6) is -0.119. The van der Waals surface area contributed by atoms with E-state index in [1.54, 1.807) is 16.7 Å². The highest BCUT2D eigenvalue weighted by Crippen LogP contribution is 2.34.